The molecule has 0 aliphatic carbocycles. The Morgan fingerprint density at radius 2 is 1.86 bits per heavy atom. The van der Waals surface area contributed by atoms with Gasteiger partial charge < -0.3 is 25.3 Å². The zero-order chi connectivity index (χ0) is 21.4. The number of aromatic nitrogens is 1. The van der Waals surface area contributed by atoms with Gasteiger partial charge in [0, 0.05) is 17.5 Å². The molecule has 9 nitrogen and oxygen atoms in total. The number of thiophene rings is 1. The molecule has 0 saturated heterocycles. The number of nitrogens with one attached hydrogen (secondary N) is 1. The van der Waals surface area contributed by atoms with Gasteiger partial charge in [-0.15, -0.1) is 29.3 Å². The van der Waals surface area contributed by atoms with Crippen LogP contribution in [0.25, 0.3) is 0 Å². The largest absolute Gasteiger partial charge is 0.462 e. The van der Waals surface area contributed by atoms with Gasteiger partial charge in [-0.2, -0.15) is 0 Å². The number of esters is 3. The average Bonchev–Trinajstić information content (AvgIpc) is 3.29. The molecule has 0 aromatic carbocycles. The summed E-state index contributed by atoms with van der Waals surface area (Å²) >= 11 is 2.12. The maximum absolute atomic E-state index is 12.3. The van der Waals surface area contributed by atoms with Crippen molar-refractivity contribution in [2.24, 2.45) is 0 Å². The molecule has 0 aliphatic heterocycles. The van der Waals surface area contributed by atoms with Crippen molar-refractivity contribution in [1.82, 2.24) is 4.98 Å². The minimum atomic E-state index is -0.706. The molecular weight excluding hydrogens is 418 g/mol. The van der Waals surface area contributed by atoms with E-state index in [1.54, 1.807) is 19.9 Å². The molecule has 0 fully saturated rings. The van der Waals surface area contributed by atoms with E-state index in [0.29, 0.717) is 11.7 Å². The van der Waals surface area contributed by atoms with Gasteiger partial charge in [-0.1, -0.05) is 6.08 Å². The van der Waals surface area contributed by atoms with Gasteiger partial charge >= 0.3 is 17.9 Å². The SMILES string of the molecule is C=CCNc1nc(C(=O)OCc2c(C(=O)OCC)sc(N)c2C(=O)OCC)cs1. The number of thiazole rings is 1. The Bertz CT molecular complexity index is 906. The van der Waals surface area contributed by atoms with E-state index >= 15 is 0 Å². The van der Waals surface area contributed by atoms with Crippen LogP contribution in [0.2, 0.25) is 0 Å². The number of nitrogens with two attached hydrogens (primary N) is 1. The number of nitrogens with zero attached hydrogens (tertiary/aromatic N) is 1. The number of anilines is 2. The third-order valence-electron chi connectivity index (χ3n) is 3.43. The molecule has 0 amide bonds. The van der Waals surface area contributed by atoms with Gasteiger partial charge in [0.15, 0.2) is 10.8 Å². The second-order valence-electron chi connectivity index (χ2n) is 5.37. The van der Waals surface area contributed by atoms with Crippen LogP contribution < -0.4 is 11.1 Å². The van der Waals surface area contributed by atoms with Crippen LogP contribution in [0.15, 0.2) is 18.0 Å². The van der Waals surface area contributed by atoms with Crippen molar-refractivity contribution in [3.63, 3.8) is 0 Å². The second-order valence-corrected chi connectivity index (χ2v) is 7.28. The van der Waals surface area contributed by atoms with Crippen molar-refractivity contribution in [2.45, 2.75) is 20.5 Å². The van der Waals surface area contributed by atoms with E-state index in [-0.39, 0.29) is 46.5 Å². The number of nitrogen functional groups attached to an aromatic ring is 1. The Kier molecular flexibility index (Phi) is 8.16. The summed E-state index contributed by atoms with van der Waals surface area (Å²) in [4.78, 5) is 41.1. The lowest BCUT2D eigenvalue weighted by atomic mass is 10.1. The minimum Gasteiger partial charge on any atom is -0.462 e. The third kappa shape index (κ3) is 5.55. The van der Waals surface area contributed by atoms with Crippen molar-refractivity contribution in [2.75, 3.05) is 30.8 Å². The quantitative estimate of drug-likeness (QED) is 0.326. The Labute approximate surface area is 175 Å². The molecule has 11 heteroatoms. The summed E-state index contributed by atoms with van der Waals surface area (Å²) < 4.78 is 15.3. The number of hydrogen-bond acceptors (Lipinski definition) is 11. The zero-order valence-electron chi connectivity index (χ0n) is 16.0. The number of carbonyl (C=O) groups is 3. The summed E-state index contributed by atoms with van der Waals surface area (Å²) in [6.45, 7) is 7.30. The maximum atomic E-state index is 12.3. The molecule has 0 unspecified atom stereocenters. The highest BCUT2D eigenvalue weighted by Gasteiger charge is 2.29. The van der Waals surface area contributed by atoms with Crippen molar-refractivity contribution in [3.05, 3.63) is 39.7 Å². The first-order chi connectivity index (χ1) is 13.9. The average molecular weight is 440 g/mol. The molecule has 2 heterocycles. The molecule has 0 aliphatic rings. The summed E-state index contributed by atoms with van der Waals surface area (Å²) in [7, 11) is 0. The Morgan fingerprint density at radius 1 is 1.17 bits per heavy atom. The molecule has 2 aromatic heterocycles. The van der Waals surface area contributed by atoms with Gasteiger partial charge in [0.1, 0.15) is 22.0 Å². The number of rotatable bonds is 10. The van der Waals surface area contributed by atoms with Crippen molar-refractivity contribution < 1.29 is 28.6 Å². The lowest BCUT2D eigenvalue weighted by Gasteiger charge is -2.08. The Hall–Kier alpha value is -2.92. The normalized spacial score (nSPS) is 10.3. The number of ether oxygens (including phenoxy) is 3. The smallest absolute Gasteiger partial charge is 0.358 e. The summed E-state index contributed by atoms with van der Waals surface area (Å²) in [5, 5.41) is 5.13. The van der Waals surface area contributed by atoms with Crippen LogP contribution in [-0.4, -0.2) is 42.7 Å². The van der Waals surface area contributed by atoms with Gasteiger partial charge in [-0.25, -0.2) is 19.4 Å². The molecule has 2 aromatic rings. The molecule has 0 atom stereocenters. The molecule has 2 rings (SSSR count). The zero-order valence-corrected chi connectivity index (χ0v) is 17.6. The van der Waals surface area contributed by atoms with Gasteiger partial charge in [0.25, 0.3) is 0 Å². The van der Waals surface area contributed by atoms with Crippen LogP contribution in [0.1, 0.15) is 49.9 Å². The molecule has 3 N–H and O–H groups in total. The molecule has 0 saturated carbocycles. The van der Waals surface area contributed by atoms with Crippen LogP contribution in [0.4, 0.5) is 10.1 Å². The van der Waals surface area contributed by atoms with Crippen molar-refractivity contribution in [1.29, 1.82) is 0 Å². The van der Waals surface area contributed by atoms with Crippen LogP contribution in [-0.2, 0) is 20.8 Å². The molecule has 29 heavy (non-hydrogen) atoms. The van der Waals surface area contributed by atoms with E-state index in [0.717, 1.165) is 11.3 Å². The lowest BCUT2D eigenvalue weighted by molar-refractivity contribution is 0.0433. The molecular formula is C18H21N3O6S2. The minimum absolute atomic E-state index is 0.000630. The van der Waals surface area contributed by atoms with Crippen LogP contribution in [0, 0.1) is 0 Å². The van der Waals surface area contributed by atoms with Gasteiger partial charge in [0.2, 0.25) is 0 Å². The highest BCUT2D eigenvalue weighted by Crippen LogP contribution is 2.33. The van der Waals surface area contributed by atoms with Crippen LogP contribution in [0.3, 0.4) is 0 Å². The van der Waals surface area contributed by atoms with E-state index in [1.165, 1.54) is 16.7 Å². The molecule has 0 spiro atoms. The highest BCUT2D eigenvalue weighted by molar-refractivity contribution is 7.18. The fourth-order valence-corrected chi connectivity index (χ4v) is 3.88. The van der Waals surface area contributed by atoms with Crippen LogP contribution >= 0.6 is 22.7 Å². The lowest BCUT2D eigenvalue weighted by Crippen LogP contribution is -2.14. The summed E-state index contributed by atoms with van der Waals surface area (Å²) in [6.07, 6.45) is 1.66. The predicted octanol–water partition coefficient (Wildman–Crippen LogP) is 3.10. The Balaban J connectivity index is 2.24. The predicted molar refractivity (Wildman–Crippen MR) is 111 cm³/mol. The summed E-state index contributed by atoms with van der Waals surface area (Å²) in [5.74, 6) is -2.06. The summed E-state index contributed by atoms with van der Waals surface area (Å²) in [6, 6.07) is 0. The van der Waals surface area contributed by atoms with Gasteiger partial charge in [-0.3, -0.25) is 0 Å². The fourth-order valence-electron chi connectivity index (χ4n) is 2.23. The highest BCUT2D eigenvalue weighted by atomic mass is 32.1. The molecule has 156 valence electrons. The second kappa shape index (κ2) is 10.6. The third-order valence-corrected chi connectivity index (χ3v) is 5.27. The molecule has 0 bridgehead atoms. The van der Waals surface area contributed by atoms with E-state index < -0.39 is 17.9 Å². The Morgan fingerprint density at radius 3 is 2.52 bits per heavy atom. The first-order valence-electron chi connectivity index (χ1n) is 8.65. The first-order valence-corrected chi connectivity index (χ1v) is 10.3. The van der Waals surface area contributed by atoms with Crippen LogP contribution in [0.5, 0.6) is 0 Å². The first kappa shape index (κ1) is 22.4. The topological polar surface area (TPSA) is 130 Å². The number of hydrogen-bond donors (Lipinski definition) is 2. The molecule has 0 radical (unpaired) electrons. The van der Waals surface area contributed by atoms with E-state index in [9.17, 15) is 14.4 Å². The fraction of sp³-hybridized carbons (Fsp3) is 0.333. The summed E-state index contributed by atoms with van der Waals surface area (Å²) in [5.41, 5.74) is 6.16. The number of carbonyl (C=O) groups excluding carboxylic acids is 3. The van der Waals surface area contributed by atoms with E-state index in [2.05, 4.69) is 16.9 Å². The van der Waals surface area contributed by atoms with Crippen molar-refractivity contribution in [3.8, 4) is 0 Å². The monoisotopic (exact) mass is 439 g/mol. The van der Waals surface area contributed by atoms with E-state index in [4.69, 9.17) is 19.9 Å². The van der Waals surface area contributed by atoms with Gasteiger partial charge in [0.05, 0.1) is 13.2 Å². The van der Waals surface area contributed by atoms with Crippen molar-refractivity contribution >= 4 is 50.7 Å². The standard InChI is InChI=1S/C18H21N3O6S2/c1-4-7-20-18-21-11(9-28-18)15(22)27-8-10-12(16(23)25-5-2)14(19)29-13(10)17(24)26-6-3/h4,9H,1,5-8,19H2,2-3H3,(H,20,21). The maximum Gasteiger partial charge on any atom is 0.358 e. The van der Waals surface area contributed by atoms with Gasteiger partial charge in [-0.05, 0) is 13.8 Å². The van der Waals surface area contributed by atoms with E-state index in [1.807, 2.05) is 0 Å².